The summed E-state index contributed by atoms with van der Waals surface area (Å²) >= 11 is 0. The standard InChI is InChI=1S/C28H35NO4/c1-17-9-8-12-22-15-19(3)20(4)25-23(16-21-10-6-5-7-11-21)29-27(32)28(22,25)33-24(30)14-13-18(2)26(17)31/h5-8,10-15,17-18,20,22-23,25-26,31H,9,16H2,1-4H3,(H,29,32)/t17-,18-,20-,22+,23+,25+,26+,28-/m0/s1. The Morgan fingerprint density at radius 1 is 1.12 bits per heavy atom. The molecule has 8 atom stereocenters. The molecule has 33 heavy (non-hydrogen) atoms. The van der Waals surface area contributed by atoms with Crippen molar-refractivity contribution in [3.8, 4) is 0 Å². The fourth-order valence-electron chi connectivity index (χ4n) is 5.83. The number of amides is 1. The number of nitrogens with one attached hydrogen (secondary N) is 1. The van der Waals surface area contributed by atoms with Gasteiger partial charge < -0.3 is 15.2 Å². The Hall–Kier alpha value is -2.66. The van der Waals surface area contributed by atoms with Crippen molar-refractivity contribution in [2.24, 2.45) is 29.6 Å². The highest BCUT2D eigenvalue weighted by Gasteiger charge is 2.64. The first-order valence-corrected chi connectivity index (χ1v) is 12.0. The third-order valence-corrected chi connectivity index (χ3v) is 7.87. The van der Waals surface area contributed by atoms with E-state index in [1.54, 1.807) is 6.08 Å². The molecule has 2 heterocycles. The monoisotopic (exact) mass is 449 g/mol. The summed E-state index contributed by atoms with van der Waals surface area (Å²) in [6.45, 7) is 8.11. The molecule has 0 bridgehead atoms. The molecule has 5 heteroatoms. The summed E-state index contributed by atoms with van der Waals surface area (Å²) in [6.07, 6.45) is 9.98. The van der Waals surface area contributed by atoms with Gasteiger partial charge in [0.25, 0.3) is 5.91 Å². The van der Waals surface area contributed by atoms with Gasteiger partial charge in [0.05, 0.1) is 6.10 Å². The van der Waals surface area contributed by atoms with Gasteiger partial charge in [-0.05, 0) is 37.2 Å². The predicted molar refractivity (Wildman–Crippen MR) is 128 cm³/mol. The van der Waals surface area contributed by atoms with E-state index in [1.165, 1.54) is 11.6 Å². The first-order valence-electron chi connectivity index (χ1n) is 12.0. The van der Waals surface area contributed by atoms with Crippen LogP contribution >= 0.6 is 0 Å². The molecule has 0 radical (unpaired) electrons. The van der Waals surface area contributed by atoms with Gasteiger partial charge in [0.15, 0.2) is 0 Å². The second kappa shape index (κ2) is 9.30. The average Bonchev–Trinajstić information content (AvgIpc) is 3.06. The van der Waals surface area contributed by atoms with E-state index in [0.717, 1.165) is 5.56 Å². The first kappa shape index (κ1) is 23.5. The van der Waals surface area contributed by atoms with E-state index in [0.29, 0.717) is 12.8 Å². The molecule has 0 aromatic heterocycles. The van der Waals surface area contributed by atoms with Crippen LogP contribution in [0.15, 0.2) is 66.3 Å². The van der Waals surface area contributed by atoms with Crippen LogP contribution in [0.1, 0.15) is 39.7 Å². The van der Waals surface area contributed by atoms with E-state index in [4.69, 9.17) is 4.74 Å². The van der Waals surface area contributed by atoms with Crippen LogP contribution < -0.4 is 5.32 Å². The maximum atomic E-state index is 13.6. The molecule has 0 unspecified atom stereocenters. The molecule has 1 saturated heterocycles. The molecule has 1 spiro atoms. The summed E-state index contributed by atoms with van der Waals surface area (Å²) in [7, 11) is 0. The fraction of sp³-hybridized carbons (Fsp3) is 0.500. The minimum Gasteiger partial charge on any atom is -0.444 e. The van der Waals surface area contributed by atoms with Gasteiger partial charge in [-0.2, -0.15) is 0 Å². The lowest BCUT2D eigenvalue weighted by Gasteiger charge is -2.44. The Kier molecular flexibility index (Phi) is 6.62. The number of ether oxygens (including phenoxy) is 1. The van der Waals surface area contributed by atoms with Crippen LogP contribution in [-0.2, 0) is 20.7 Å². The highest BCUT2D eigenvalue weighted by molar-refractivity contribution is 5.94. The molecule has 3 aliphatic rings. The van der Waals surface area contributed by atoms with Gasteiger partial charge in [-0.3, -0.25) is 4.79 Å². The summed E-state index contributed by atoms with van der Waals surface area (Å²) in [5, 5.41) is 13.8. The lowest BCUT2D eigenvalue weighted by atomic mass is 9.63. The van der Waals surface area contributed by atoms with Crippen molar-refractivity contribution in [2.75, 3.05) is 0 Å². The van der Waals surface area contributed by atoms with E-state index < -0.39 is 17.7 Å². The fourth-order valence-corrected chi connectivity index (χ4v) is 5.83. The summed E-state index contributed by atoms with van der Waals surface area (Å²) in [6, 6.07) is 9.97. The average molecular weight is 450 g/mol. The molecule has 2 aliphatic heterocycles. The second-order valence-corrected chi connectivity index (χ2v) is 10.1. The number of carbonyl (C=O) groups is 2. The van der Waals surface area contributed by atoms with Crippen molar-refractivity contribution in [1.29, 1.82) is 0 Å². The summed E-state index contributed by atoms with van der Waals surface area (Å²) in [5.41, 5.74) is 1.04. The SMILES string of the molecule is CC1=C[C@H]2C=CC[C@H](C)[C@@H](O)[C@@H](C)C=CC(=O)O[C@@]23C(=O)N[C@H](Cc2ccccc2)[C@H]3[C@H]1C. The zero-order valence-electron chi connectivity index (χ0n) is 19.9. The van der Waals surface area contributed by atoms with Gasteiger partial charge in [-0.25, -0.2) is 4.79 Å². The van der Waals surface area contributed by atoms with Gasteiger partial charge in [-0.1, -0.05) is 81.0 Å². The number of benzene rings is 1. The van der Waals surface area contributed by atoms with Gasteiger partial charge in [0, 0.05) is 29.9 Å². The number of esters is 1. The minimum absolute atomic E-state index is 0.0268. The van der Waals surface area contributed by atoms with Crippen molar-refractivity contribution in [3.05, 3.63) is 71.8 Å². The maximum Gasteiger partial charge on any atom is 0.331 e. The molecule has 0 saturated carbocycles. The molecule has 1 aromatic rings. The number of carbonyl (C=O) groups excluding carboxylic acids is 2. The van der Waals surface area contributed by atoms with Gasteiger partial charge in [-0.15, -0.1) is 0 Å². The number of rotatable bonds is 2. The smallest absolute Gasteiger partial charge is 0.331 e. The van der Waals surface area contributed by atoms with Gasteiger partial charge in [0.1, 0.15) is 0 Å². The van der Waals surface area contributed by atoms with Crippen LogP contribution in [0, 0.1) is 29.6 Å². The van der Waals surface area contributed by atoms with E-state index in [9.17, 15) is 14.7 Å². The number of hydrogen-bond acceptors (Lipinski definition) is 4. The first-order chi connectivity index (χ1) is 15.7. The zero-order chi connectivity index (χ0) is 23.8. The van der Waals surface area contributed by atoms with Crippen molar-refractivity contribution in [2.45, 2.75) is 58.3 Å². The normalized spacial score (nSPS) is 38.8. The van der Waals surface area contributed by atoms with E-state index in [2.05, 4.69) is 37.4 Å². The van der Waals surface area contributed by atoms with Gasteiger partial charge >= 0.3 is 5.97 Å². The van der Waals surface area contributed by atoms with Crippen LogP contribution in [0.2, 0.25) is 0 Å². The van der Waals surface area contributed by atoms with Crippen LogP contribution in [-0.4, -0.2) is 34.7 Å². The van der Waals surface area contributed by atoms with Crippen molar-refractivity contribution >= 4 is 11.9 Å². The molecule has 2 N–H and O–H groups in total. The third kappa shape index (κ3) is 4.31. The molecular weight excluding hydrogens is 414 g/mol. The number of allylic oxidation sites excluding steroid dienone is 2. The van der Waals surface area contributed by atoms with Crippen LogP contribution in [0.3, 0.4) is 0 Å². The van der Waals surface area contributed by atoms with E-state index >= 15 is 0 Å². The van der Waals surface area contributed by atoms with Crippen molar-refractivity contribution in [1.82, 2.24) is 5.32 Å². The molecule has 1 aromatic carbocycles. The quantitative estimate of drug-likeness (QED) is 0.529. The van der Waals surface area contributed by atoms with Crippen LogP contribution in [0.25, 0.3) is 0 Å². The Bertz CT molecular complexity index is 981. The van der Waals surface area contributed by atoms with E-state index in [-0.39, 0.29) is 41.5 Å². The summed E-state index contributed by atoms with van der Waals surface area (Å²) in [4.78, 5) is 26.7. The molecule has 1 aliphatic carbocycles. The maximum absolute atomic E-state index is 13.6. The van der Waals surface area contributed by atoms with Gasteiger partial charge in [0.2, 0.25) is 5.60 Å². The topological polar surface area (TPSA) is 75.6 Å². The summed E-state index contributed by atoms with van der Waals surface area (Å²) in [5.74, 6) is -1.41. The van der Waals surface area contributed by atoms with Crippen LogP contribution in [0.5, 0.6) is 0 Å². The van der Waals surface area contributed by atoms with E-state index in [1.807, 2.05) is 44.2 Å². The molecule has 5 nitrogen and oxygen atoms in total. The molecule has 1 amide bonds. The largest absolute Gasteiger partial charge is 0.444 e. The zero-order valence-corrected chi connectivity index (χ0v) is 19.9. The molecule has 176 valence electrons. The Labute approximate surface area is 196 Å². The highest BCUT2D eigenvalue weighted by atomic mass is 16.6. The van der Waals surface area contributed by atoms with Crippen molar-refractivity contribution in [3.63, 3.8) is 0 Å². The number of hydrogen-bond donors (Lipinski definition) is 2. The Morgan fingerprint density at radius 2 is 1.85 bits per heavy atom. The molecule has 4 rings (SSSR count). The van der Waals surface area contributed by atoms with Crippen molar-refractivity contribution < 1.29 is 19.4 Å². The third-order valence-electron chi connectivity index (χ3n) is 7.87. The lowest BCUT2D eigenvalue weighted by Crippen LogP contribution is -2.56. The highest BCUT2D eigenvalue weighted by Crippen LogP contribution is 2.50. The number of aliphatic hydroxyl groups is 1. The van der Waals surface area contributed by atoms with Crippen LogP contribution in [0.4, 0.5) is 0 Å². The number of aliphatic hydroxyl groups excluding tert-OH is 1. The lowest BCUT2D eigenvalue weighted by molar-refractivity contribution is -0.172. The second-order valence-electron chi connectivity index (χ2n) is 10.1. The predicted octanol–water partition coefficient (Wildman–Crippen LogP) is 3.99. The molecule has 1 fully saturated rings. The molecular formula is C28H35NO4. The summed E-state index contributed by atoms with van der Waals surface area (Å²) < 4.78 is 6.13. The Balaban J connectivity index is 1.77. The Morgan fingerprint density at radius 3 is 2.58 bits per heavy atom. The minimum atomic E-state index is -1.29.